The smallest absolute Gasteiger partial charge is 0.182 e. The summed E-state index contributed by atoms with van der Waals surface area (Å²) >= 11 is 0. The van der Waals surface area contributed by atoms with E-state index in [1.165, 1.54) is 0 Å². The van der Waals surface area contributed by atoms with Gasteiger partial charge in [0.15, 0.2) is 9.04 Å². The number of hydrogen-bond donors (Lipinski definition) is 0. The van der Waals surface area contributed by atoms with Gasteiger partial charge in [0.2, 0.25) is 0 Å². The second-order valence-electron chi connectivity index (χ2n) is 5.60. The van der Waals surface area contributed by atoms with Gasteiger partial charge in [0.1, 0.15) is 5.75 Å². The molecule has 0 aliphatic heterocycles. The topological polar surface area (TPSA) is 18.5 Å². The van der Waals surface area contributed by atoms with Crippen molar-refractivity contribution in [2.45, 2.75) is 45.2 Å². The summed E-state index contributed by atoms with van der Waals surface area (Å²) in [5.41, 5.74) is 2.39. The first kappa shape index (κ1) is 16.8. The van der Waals surface area contributed by atoms with Crippen molar-refractivity contribution in [1.82, 2.24) is 0 Å². The van der Waals surface area contributed by atoms with Crippen molar-refractivity contribution in [3.05, 3.63) is 29.8 Å². The van der Waals surface area contributed by atoms with Crippen LogP contribution in [0.3, 0.4) is 0 Å². The second kappa shape index (κ2) is 8.83. The first-order valence-electron chi connectivity index (χ1n) is 7.29. The van der Waals surface area contributed by atoms with Crippen molar-refractivity contribution in [1.29, 1.82) is 0 Å². The Morgan fingerprint density at radius 1 is 1.05 bits per heavy atom. The molecule has 1 rings (SSSR count). The van der Waals surface area contributed by atoms with Gasteiger partial charge < -0.3 is 9.16 Å². The Labute approximate surface area is 125 Å². The molecule has 1 aromatic rings. The van der Waals surface area contributed by atoms with Crippen LogP contribution in [-0.4, -0.2) is 22.8 Å². The molecule has 0 amide bonds. The number of rotatable bonds is 6. The van der Waals surface area contributed by atoms with E-state index >= 15 is 0 Å². The number of ether oxygens (including phenoxy) is 1. The third kappa shape index (κ3) is 5.81. The largest absolute Gasteiger partial charge is 0.497 e. The van der Waals surface area contributed by atoms with Gasteiger partial charge >= 0.3 is 0 Å². The zero-order valence-electron chi connectivity index (χ0n) is 13.3. The third-order valence-corrected chi connectivity index (χ3v) is 6.42. The van der Waals surface area contributed by atoms with Crippen molar-refractivity contribution >= 4 is 9.04 Å². The summed E-state index contributed by atoms with van der Waals surface area (Å²) < 4.78 is 11.2. The Kier molecular flexibility index (Phi) is 7.43. The molecule has 0 bridgehead atoms. The fourth-order valence-electron chi connectivity index (χ4n) is 2.24. The summed E-state index contributed by atoms with van der Waals surface area (Å²) in [5, 5.41) is 0. The molecule has 1 aromatic carbocycles. The van der Waals surface area contributed by atoms with Crippen LogP contribution in [0, 0.1) is 11.8 Å². The van der Waals surface area contributed by atoms with E-state index in [0.717, 1.165) is 24.3 Å². The highest BCUT2D eigenvalue weighted by atomic mass is 28.3. The lowest BCUT2D eigenvalue weighted by Gasteiger charge is -2.22. The van der Waals surface area contributed by atoms with Gasteiger partial charge in [-0.1, -0.05) is 39.5 Å². The number of benzene rings is 1. The maximum atomic E-state index is 6.06. The summed E-state index contributed by atoms with van der Waals surface area (Å²) in [6, 6.07) is 7.82. The molecule has 110 valence electrons. The van der Waals surface area contributed by atoms with Crippen molar-refractivity contribution in [2.24, 2.45) is 0 Å². The van der Waals surface area contributed by atoms with E-state index in [2.05, 4.69) is 39.5 Å². The zero-order valence-corrected chi connectivity index (χ0v) is 14.4. The van der Waals surface area contributed by atoms with E-state index in [9.17, 15) is 0 Å². The molecule has 20 heavy (non-hydrogen) atoms. The zero-order chi connectivity index (χ0) is 15.0. The number of methoxy groups -OCH3 is 1. The minimum Gasteiger partial charge on any atom is -0.497 e. The molecule has 0 saturated carbocycles. The highest BCUT2D eigenvalue weighted by Gasteiger charge is 2.20. The minimum atomic E-state index is -1.09. The quantitative estimate of drug-likeness (QED) is 0.448. The van der Waals surface area contributed by atoms with Gasteiger partial charge in [-0.3, -0.25) is 0 Å². The van der Waals surface area contributed by atoms with Crippen molar-refractivity contribution in [2.75, 3.05) is 13.7 Å². The molecule has 0 spiro atoms. The SMILES string of the molecule is COc1ccc(C#CCCO[SiH](C(C)C)C(C)C)cc1. The van der Waals surface area contributed by atoms with Crippen LogP contribution in [0.15, 0.2) is 24.3 Å². The molecule has 0 saturated heterocycles. The van der Waals surface area contributed by atoms with Crippen LogP contribution in [0.2, 0.25) is 11.1 Å². The van der Waals surface area contributed by atoms with Crippen LogP contribution in [0.4, 0.5) is 0 Å². The minimum absolute atomic E-state index is 0.685. The molecule has 2 nitrogen and oxygen atoms in total. The summed E-state index contributed by atoms with van der Waals surface area (Å²) in [5.74, 6) is 7.20. The Balaban J connectivity index is 2.38. The highest BCUT2D eigenvalue weighted by molar-refractivity contribution is 6.54. The number of hydrogen-bond acceptors (Lipinski definition) is 2. The van der Waals surface area contributed by atoms with E-state index in [-0.39, 0.29) is 0 Å². The van der Waals surface area contributed by atoms with Gasteiger partial charge in [-0.2, -0.15) is 0 Å². The summed E-state index contributed by atoms with van der Waals surface area (Å²) in [7, 11) is 0.576. The van der Waals surface area contributed by atoms with Gasteiger partial charge in [-0.05, 0) is 35.3 Å². The summed E-state index contributed by atoms with van der Waals surface area (Å²) in [6.45, 7) is 9.82. The molecule has 0 fully saturated rings. The molecule has 0 heterocycles. The second-order valence-corrected chi connectivity index (χ2v) is 9.53. The summed E-state index contributed by atoms with van der Waals surface area (Å²) in [6.07, 6.45) is 0.801. The standard InChI is InChI=1S/C17H26O2Si/c1-14(2)20(15(3)4)19-13-7-6-8-16-9-11-17(18-5)12-10-16/h9-12,14-15,20H,7,13H2,1-5H3. The van der Waals surface area contributed by atoms with Gasteiger partial charge in [0.05, 0.1) is 7.11 Å². The van der Waals surface area contributed by atoms with Crippen LogP contribution in [0.5, 0.6) is 5.75 Å². The van der Waals surface area contributed by atoms with Crippen LogP contribution >= 0.6 is 0 Å². The Morgan fingerprint density at radius 3 is 2.15 bits per heavy atom. The van der Waals surface area contributed by atoms with E-state index < -0.39 is 9.04 Å². The molecule has 0 unspecified atom stereocenters. The van der Waals surface area contributed by atoms with Crippen molar-refractivity contribution in [3.8, 4) is 17.6 Å². The molecule has 0 aliphatic rings. The van der Waals surface area contributed by atoms with Gasteiger partial charge in [-0.15, -0.1) is 0 Å². The fourth-order valence-corrected chi connectivity index (χ4v) is 4.94. The van der Waals surface area contributed by atoms with Crippen molar-refractivity contribution < 1.29 is 9.16 Å². The van der Waals surface area contributed by atoms with Crippen LogP contribution < -0.4 is 4.74 Å². The maximum absolute atomic E-state index is 6.06. The molecule has 3 heteroatoms. The van der Waals surface area contributed by atoms with Gasteiger partial charge in [0.25, 0.3) is 0 Å². The predicted octanol–water partition coefficient (Wildman–Crippen LogP) is 4.00. The van der Waals surface area contributed by atoms with Crippen LogP contribution in [0.25, 0.3) is 0 Å². The van der Waals surface area contributed by atoms with E-state index in [4.69, 9.17) is 9.16 Å². The fraction of sp³-hybridized carbons (Fsp3) is 0.529. The Hall–Kier alpha value is -1.24. The molecule has 0 radical (unpaired) electrons. The summed E-state index contributed by atoms with van der Waals surface area (Å²) in [4.78, 5) is 0. The lowest BCUT2D eigenvalue weighted by Crippen LogP contribution is -2.25. The molecular formula is C17H26O2Si. The molecule has 0 aromatic heterocycles. The lowest BCUT2D eigenvalue weighted by molar-refractivity contribution is 0.316. The van der Waals surface area contributed by atoms with Crippen LogP contribution in [0.1, 0.15) is 39.7 Å². The average Bonchev–Trinajstić information content (AvgIpc) is 2.42. The van der Waals surface area contributed by atoms with Crippen LogP contribution in [-0.2, 0) is 4.43 Å². The average molecular weight is 290 g/mol. The Morgan fingerprint density at radius 2 is 1.65 bits per heavy atom. The predicted molar refractivity (Wildman–Crippen MR) is 87.8 cm³/mol. The van der Waals surface area contributed by atoms with Gasteiger partial charge in [0, 0.05) is 18.6 Å². The maximum Gasteiger partial charge on any atom is 0.182 e. The van der Waals surface area contributed by atoms with E-state index in [1.54, 1.807) is 7.11 Å². The lowest BCUT2D eigenvalue weighted by atomic mass is 10.2. The molecular weight excluding hydrogens is 264 g/mol. The van der Waals surface area contributed by atoms with Crippen molar-refractivity contribution in [3.63, 3.8) is 0 Å². The van der Waals surface area contributed by atoms with E-state index in [1.807, 2.05) is 24.3 Å². The first-order valence-corrected chi connectivity index (χ1v) is 9.09. The molecule has 0 atom stereocenters. The molecule has 0 aliphatic carbocycles. The Bertz CT molecular complexity index is 432. The van der Waals surface area contributed by atoms with Gasteiger partial charge in [-0.25, -0.2) is 0 Å². The normalized spacial score (nSPS) is 10.8. The first-order chi connectivity index (χ1) is 9.54. The monoisotopic (exact) mass is 290 g/mol. The molecule has 0 N–H and O–H groups in total. The third-order valence-electron chi connectivity index (χ3n) is 3.17. The van der Waals surface area contributed by atoms with E-state index in [0.29, 0.717) is 11.1 Å². The highest BCUT2D eigenvalue weighted by Crippen LogP contribution is 2.20.